The molecule has 0 saturated carbocycles. The number of amides is 1. The molecule has 2 aromatic carbocycles. The highest BCUT2D eigenvalue weighted by Gasteiger charge is 2.65. The van der Waals surface area contributed by atoms with Gasteiger partial charge in [-0.05, 0) is 12.1 Å². The molecular weight excluding hydrogens is 400 g/mol. The Bertz CT molecular complexity index is 1060. The third-order valence-corrected chi connectivity index (χ3v) is 4.85. The van der Waals surface area contributed by atoms with Crippen LogP contribution in [0.15, 0.2) is 72.2 Å². The largest absolute Gasteiger partial charge is 0.397 e. The van der Waals surface area contributed by atoms with E-state index in [1.54, 1.807) is 53.7 Å². The van der Waals surface area contributed by atoms with Crippen LogP contribution in [0.3, 0.4) is 0 Å². The maximum atomic E-state index is 13.1. The van der Waals surface area contributed by atoms with Gasteiger partial charge in [0.15, 0.2) is 0 Å². The lowest BCUT2D eigenvalue weighted by atomic mass is 9.99. The van der Waals surface area contributed by atoms with Crippen LogP contribution in [0.5, 0.6) is 0 Å². The fraction of sp³-hybridized carbons (Fsp3) is 0.190. The third-order valence-electron chi connectivity index (χ3n) is 4.85. The summed E-state index contributed by atoms with van der Waals surface area (Å²) in [5.74, 6) is -2.03. The summed E-state index contributed by atoms with van der Waals surface area (Å²) in [4.78, 5) is 36.0. The molecule has 2 heterocycles. The number of hydrogen-bond donors (Lipinski definition) is 2. The molecule has 2 aliphatic heterocycles. The summed E-state index contributed by atoms with van der Waals surface area (Å²) >= 11 is 0. The molecule has 160 valence electrons. The normalized spacial score (nSPS) is 20.1. The number of para-hydroxylation sites is 1. The highest BCUT2D eigenvalue weighted by Crippen LogP contribution is 2.49. The molecule has 4 rings (SSSR count). The predicted octanol–water partition coefficient (Wildman–Crippen LogP) is 1.67. The third kappa shape index (κ3) is 3.47. The predicted molar refractivity (Wildman–Crippen MR) is 113 cm³/mol. The van der Waals surface area contributed by atoms with Crippen LogP contribution in [-0.2, 0) is 20.3 Å². The number of oxime groups is 1. The van der Waals surface area contributed by atoms with Crippen molar-refractivity contribution in [3.63, 3.8) is 0 Å². The molecule has 2 N–H and O–H groups in total. The number of carbonyl (C=O) groups excluding carboxylic acids is 2. The van der Waals surface area contributed by atoms with Crippen LogP contribution < -0.4 is 15.9 Å². The van der Waals surface area contributed by atoms with Gasteiger partial charge in [0.05, 0.1) is 5.69 Å². The molecule has 2 aliphatic rings. The molecule has 1 fully saturated rings. The van der Waals surface area contributed by atoms with E-state index >= 15 is 0 Å². The van der Waals surface area contributed by atoms with Gasteiger partial charge in [-0.1, -0.05) is 47.6 Å². The highest BCUT2D eigenvalue weighted by atomic mass is 16.9. The fourth-order valence-corrected chi connectivity index (χ4v) is 3.42. The van der Waals surface area contributed by atoms with Crippen LogP contribution >= 0.6 is 0 Å². The molecule has 1 amide bonds. The Morgan fingerprint density at radius 3 is 2.45 bits per heavy atom. The van der Waals surface area contributed by atoms with Crippen molar-refractivity contribution in [2.75, 3.05) is 19.2 Å². The van der Waals surface area contributed by atoms with Gasteiger partial charge in [-0.15, -0.1) is 5.53 Å². The molecule has 31 heavy (non-hydrogen) atoms. The summed E-state index contributed by atoms with van der Waals surface area (Å²) < 4.78 is 0. The van der Waals surface area contributed by atoms with Crippen LogP contribution in [0, 0.1) is 0 Å². The van der Waals surface area contributed by atoms with Gasteiger partial charge < -0.3 is 10.2 Å². The van der Waals surface area contributed by atoms with E-state index < -0.39 is 11.6 Å². The lowest BCUT2D eigenvalue weighted by molar-refractivity contribution is -0.130. The number of rotatable bonds is 6. The molecule has 1 atom stereocenters. The van der Waals surface area contributed by atoms with Crippen LogP contribution in [0.2, 0.25) is 0 Å². The van der Waals surface area contributed by atoms with E-state index in [0.29, 0.717) is 11.1 Å². The number of hydroxylamine groups is 2. The van der Waals surface area contributed by atoms with Crippen molar-refractivity contribution in [1.82, 2.24) is 20.9 Å². The van der Waals surface area contributed by atoms with Crippen LogP contribution in [0.4, 0.5) is 5.69 Å². The van der Waals surface area contributed by atoms with E-state index in [2.05, 4.69) is 16.0 Å². The molecule has 0 aliphatic carbocycles. The number of likely N-dealkylation sites (N-methyl/N-ethyl adjacent to an activating group) is 1. The molecule has 0 spiro atoms. The first-order chi connectivity index (χ1) is 15.0. The first kappa shape index (κ1) is 20.4. The fourth-order valence-electron chi connectivity index (χ4n) is 3.42. The van der Waals surface area contributed by atoms with Gasteiger partial charge in [0.1, 0.15) is 7.11 Å². The Kier molecular flexibility index (Phi) is 5.32. The summed E-state index contributed by atoms with van der Waals surface area (Å²) in [6.45, 7) is 1.40. The summed E-state index contributed by atoms with van der Waals surface area (Å²) in [6, 6.07) is 16.5. The highest BCUT2D eigenvalue weighted by molar-refractivity contribution is 6.45. The zero-order valence-corrected chi connectivity index (χ0v) is 17.3. The van der Waals surface area contributed by atoms with Gasteiger partial charge in [-0.3, -0.25) is 14.6 Å². The number of hydrazine groups is 2. The van der Waals surface area contributed by atoms with Crippen molar-refractivity contribution in [3.8, 4) is 0 Å². The average Bonchev–Trinajstić information content (AvgIpc) is 3.37. The van der Waals surface area contributed by atoms with Crippen molar-refractivity contribution < 1.29 is 19.3 Å². The molecule has 1 saturated heterocycles. The van der Waals surface area contributed by atoms with E-state index in [9.17, 15) is 9.59 Å². The monoisotopic (exact) mass is 422 g/mol. The van der Waals surface area contributed by atoms with Crippen molar-refractivity contribution in [1.29, 1.82) is 0 Å². The lowest BCUT2D eigenvalue weighted by Crippen LogP contribution is -2.48. The second-order valence-electron chi connectivity index (χ2n) is 6.73. The van der Waals surface area contributed by atoms with E-state index in [0.717, 1.165) is 5.69 Å². The SMILES string of the molecule is CN/C(=N/OC)C(=O)c1ccccc1C1(N2C=CN(c3ccccc3)N2)ON1C(C)=O. The number of ketones is 1. The van der Waals surface area contributed by atoms with Gasteiger partial charge in [-0.2, -0.15) is 5.06 Å². The van der Waals surface area contributed by atoms with E-state index in [-0.39, 0.29) is 11.7 Å². The number of nitrogens with one attached hydrogen (secondary N) is 2. The zero-order chi connectivity index (χ0) is 22.0. The number of amidine groups is 1. The molecule has 2 aromatic rings. The van der Waals surface area contributed by atoms with Crippen molar-refractivity contribution in [2.24, 2.45) is 5.16 Å². The minimum absolute atomic E-state index is 0.0240. The van der Waals surface area contributed by atoms with Gasteiger partial charge in [0.2, 0.25) is 17.5 Å². The number of hydrogen-bond acceptors (Lipinski definition) is 8. The summed E-state index contributed by atoms with van der Waals surface area (Å²) in [5.41, 5.74) is 4.86. The van der Waals surface area contributed by atoms with Crippen LogP contribution in [-0.4, -0.2) is 41.8 Å². The Labute approximate surface area is 179 Å². The van der Waals surface area contributed by atoms with Crippen LogP contribution in [0.1, 0.15) is 22.8 Å². The molecule has 0 radical (unpaired) electrons. The van der Waals surface area contributed by atoms with Crippen LogP contribution in [0.25, 0.3) is 0 Å². The quantitative estimate of drug-likeness (QED) is 0.238. The molecule has 10 heteroatoms. The maximum absolute atomic E-state index is 13.1. The minimum atomic E-state index is -1.34. The topological polar surface area (TPSA) is 102 Å². The number of Topliss-reactive ketones (excluding diaryl/α,β-unsaturated/α-hetero) is 1. The van der Waals surface area contributed by atoms with Gasteiger partial charge in [0.25, 0.3) is 0 Å². The summed E-state index contributed by atoms with van der Waals surface area (Å²) in [5, 5.41) is 11.1. The Hall–Kier alpha value is -3.89. The molecule has 0 aromatic heterocycles. The standard InChI is InChI=1S/C21H22N6O4/c1-15(28)27-21(31-27,26-14-13-25(24-26)16-9-5-4-6-10-16)18-12-8-7-11-17(18)19(29)20(22-2)23-30-3/h4-14,24H,1-3H3,(H,22,23). The Balaban J connectivity index is 1.73. The molecular formula is C21H22N6O4. The average molecular weight is 422 g/mol. The Morgan fingerprint density at radius 1 is 1.10 bits per heavy atom. The Morgan fingerprint density at radius 2 is 1.81 bits per heavy atom. The van der Waals surface area contributed by atoms with Crippen molar-refractivity contribution in [2.45, 2.75) is 12.8 Å². The van der Waals surface area contributed by atoms with Crippen molar-refractivity contribution in [3.05, 3.63) is 78.1 Å². The van der Waals surface area contributed by atoms with Gasteiger partial charge in [-0.25, -0.2) is 9.85 Å². The smallest absolute Gasteiger partial charge is 0.312 e. The second-order valence-corrected chi connectivity index (χ2v) is 6.73. The van der Waals surface area contributed by atoms with Gasteiger partial charge >= 0.3 is 5.85 Å². The summed E-state index contributed by atoms with van der Waals surface area (Å²) in [7, 11) is 2.93. The van der Waals surface area contributed by atoms with E-state index in [1.165, 1.54) is 19.1 Å². The second kappa shape index (κ2) is 8.09. The summed E-state index contributed by atoms with van der Waals surface area (Å²) in [6.07, 6.45) is 3.53. The van der Waals surface area contributed by atoms with Gasteiger partial charge in [0, 0.05) is 37.5 Å². The first-order valence-electron chi connectivity index (χ1n) is 9.54. The number of anilines is 1. The van der Waals surface area contributed by atoms with E-state index in [4.69, 9.17) is 9.68 Å². The molecule has 1 unspecified atom stereocenters. The maximum Gasteiger partial charge on any atom is 0.312 e. The van der Waals surface area contributed by atoms with E-state index in [1.807, 2.05) is 30.3 Å². The lowest BCUT2D eigenvalue weighted by Gasteiger charge is -2.28. The number of benzene rings is 2. The van der Waals surface area contributed by atoms with Crippen molar-refractivity contribution >= 4 is 23.2 Å². The first-order valence-corrected chi connectivity index (χ1v) is 9.54. The molecule has 10 nitrogen and oxygen atoms in total. The number of carbonyl (C=O) groups is 2. The minimum Gasteiger partial charge on any atom is -0.397 e. The molecule has 0 bridgehead atoms. The zero-order valence-electron chi connectivity index (χ0n) is 17.3. The number of nitrogens with zero attached hydrogens (tertiary/aromatic N) is 4.